The van der Waals surface area contributed by atoms with Gasteiger partial charge in [-0.1, -0.05) is 17.3 Å². The van der Waals surface area contributed by atoms with Crippen molar-refractivity contribution >= 4 is 28.2 Å². The first-order valence-electron chi connectivity index (χ1n) is 14.4. The smallest absolute Gasteiger partial charge is 0.379 e. The van der Waals surface area contributed by atoms with Gasteiger partial charge < -0.3 is 29.5 Å². The molecular weight excluding hydrogens is 566 g/mol. The lowest BCUT2D eigenvalue weighted by Crippen LogP contribution is -2.46. The molecule has 1 amide bonds. The summed E-state index contributed by atoms with van der Waals surface area (Å²) >= 11 is 0. The van der Waals surface area contributed by atoms with Gasteiger partial charge in [0.1, 0.15) is 12.7 Å². The highest BCUT2D eigenvalue weighted by atomic mass is 19.4. The van der Waals surface area contributed by atoms with E-state index in [1.807, 2.05) is 30.1 Å². The van der Waals surface area contributed by atoms with Crippen molar-refractivity contribution in [3.05, 3.63) is 60.0 Å². The lowest BCUT2D eigenvalue weighted by molar-refractivity contribution is -0.139. The summed E-state index contributed by atoms with van der Waals surface area (Å²) in [6, 6.07) is 13.4. The number of hydrogen-bond donors (Lipinski definition) is 2. The maximum atomic E-state index is 14.8. The van der Waals surface area contributed by atoms with Crippen LogP contribution in [0, 0.1) is 0 Å². The summed E-state index contributed by atoms with van der Waals surface area (Å²) < 4.78 is 62.3. The molecule has 43 heavy (non-hydrogen) atoms. The topological polar surface area (TPSA) is 91.5 Å². The number of likely N-dealkylation sites (tertiary alicyclic amines) is 1. The molecule has 2 atom stereocenters. The van der Waals surface area contributed by atoms with Crippen LogP contribution in [-0.2, 0) is 13.1 Å². The van der Waals surface area contributed by atoms with Crippen molar-refractivity contribution in [2.75, 3.05) is 43.4 Å². The van der Waals surface area contributed by atoms with Crippen molar-refractivity contribution in [1.82, 2.24) is 24.9 Å². The molecule has 2 aliphatic rings. The zero-order valence-electron chi connectivity index (χ0n) is 23.7. The Morgan fingerprint density at radius 2 is 1.88 bits per heavy atom. The first-order chi connectivity index (χ1) is 20.6. The fourth-order valence-electron chi connectivity index (χ4n) is 5.87. The lowest BCUT2D eigenvalue weighted by Gasteiger charge is -2.33. The molecule has 2 aromatic carbocycles. The predicted molar refractivity (Wildman–Crippen MR) is 155 cm³/mol. The summed E-state index contributed by atoms with van der Waals surface area (Å²) in [5, 5.41) is 10.4. The third-order valence-electron chi connectivity index (χ3n) is 8.05. The van der Waals surface area contributed by atoms with E-state index in [2.05, 4.69) is 25.7 Å². The number of piperidine rings is 1. The first-order valence-corrected chi connectivity index (χ1v) is 14.4. The van der Waals surface area contributed by atoms with Gasteiger partial charge in [0, 0.05) is 48.5 Å². The molecule has 13 heteroatoms. The molecule has 0 unspecified atom stereocenters. The van der Waals surface area contributed by atoms with E-state index >= 15 is 0 Å². The minimum atomic E-state index is -4.52. The Morgan fingerprint density at radius 3 is 2.65 bits per heavy atom. The van der Waals surface area contributed by atoms with Crippen LogP contribution >= 0.6 is 0 Å². The van der Waals surface area contributed by atoms with Crippen molar-refractivity contribution in [3.8, 4) is 11.5 Å². The van der Waals surface area contributed by atoms with Crippen LogP contribution in [-0.4, -0.2) is 77.1 Å². The van der Waals surface area contributed by atoms with E-state index in [0.29, 0.717) is 35.1 Å². The van der Waals surface area contributed by atoms with Gasteiger partial charge in [0.05, 0.1) is 23.8 Å². The number of aromatic nitrogens is 3. The number of alkyl halides is 4. The normalized spacial score (nSPS) is 19.7. The molecule has 0 spiro atoms. The minimum Gasteiger partial charge on any atom is -0.379 e. The minimum absolute atomic E-state index is 0.0469. The zero-order chi connectivity index (χ0) is 30.1. The molecule has 2 aromatic heterocycles. The standard InChI is InChI=1S/C30H33F4N7O2/c1-39-13-10-24(22(31)17-39)36-23-8-5-9-25-21(23)15-26(41(25)18-30(32,33)34)28-37-27(43-38-28)16-35-29(42)19-6-4-7-20(14-19)40-11-2-3-12-40/h4-9,14-15,22,24,36H,2-3,10-13,16-18H2,1H3,(H,35,42)/t22-,24+/m0/s1. The first kappa shape index (κ1) is 29.0. The number of benzene rings is 2. The number of nitrogens with zero attached hydrogens (tertiary/aromatic N) is 5. The second kappa shape index (κ2) is 11.9. The van der Waals surface area contributed by atoms with E-state index in [9.17, 15) is 22.4 Å². The molecule has 228 valence electrons. The quantitative estimate of drug-likeness (QED) is 0.268. The second-order valence-corrected chi connectivity index (χ2v) is 11.2. The van der Waals surface area contributed by atoms with Crippen molar-refractivity contribution in [2.24, 2.45) is 0 Å². The number of nitrogens with one attached hydrogen (secondary N) is 2. The van der Waals surface area contributed by atoms with Gasteiger partial charge in [0.2, 0.25) is 11.7 Å². The van der Waals surface area contributed by atoms with E-state index in [-0.39, 0.29) is 36.4 Å². The van der Waals surface area contributed by atoms with E-state index < -0.39 is 24.9 Å². The average molecular weight is 600 g/mol. The van der Waals surface area contributed by atoms with Gasteiger partial charge in [-0.3, -0.25) is 4.79 Å². The summed E-state index contributed by atoms with van der Waals surface area (Å²) in [4.78, 5) is 21.3. The van der Waals surface area contributed by atoms with Gasteiger partial charge in [-0.25, -0.2) is 4.39 Å². The molecular formula is C30H33F4N7O2. The van der Waals surface area contributed by atoms with Crippen molar-refractivity contribution in [1.29, 1.82) is 0 Å². The van der Waals surface area contributed by atoms with Crippen LogP contribution in [0.4, 0.5) is 28.9 Å². The lowest BCUT2D eigenvalue weighted by atomic mass is 10.0. The third kappa shape index (κ3) is 6.46. The van der Waals surface area contributed by atoms with Gasteiger partial charge in [-0.2, -0.15) is 18.2 Å². The highest BCUT2D eigenvalue weighted by molar-refractivity contribution is 5.96. The number of amides is 1. The molecule has 6 rings (SSSR count). The monoisotopic (exact) mass is 599 g/mol. The fraction of sp³-hybridized carbons (Fsp3) is 0.433. The van der Waals surface area contributed by atoms with Crippen LogP contribution in [0.15, 0.2) is 53.1 Å². The van der Waals surface area contributed by atoms with Crippen LogP contribution in [0.5, 0.6) is 0 Å². The van der Waals surface area contributed by atoms with E-state index in [4.69, 9.17) is 4.52 Å². The highest BCUT2D eigenvalue weighted by Crippen LogP contribution is 2.35. The number of carbonyl (C=O) groups excluding carboxylic acids is 1. The Labute approximate surface area is 245 Å². The molecule has 9 nitrogen and oxygen atoms in total. The van der Waals surface area contributed by atoms with Gasteiger partial charge in [-0.05, 0) is 62.7 Å². The van der Waals surface area contributed by atoms with Gasteiger partial charge in [0.15, 0.2) is 0 Å². The molecule has 2 aliphatic heterocycles. The molecule has 2 saturated heterocycles. The van der Waals surface area contributed by atoms with Crippen molar-refractivity contribution < 1.29 is 26.9 Å². The number of halogens is 4. The van der Waals surface area contributed by atoms with Gasteiger partial charge >= 0.3 is 6.18 Å². The Morgan fingerprint density at radius 1 is 1.09 bits per heavy atom. The Hall–Kier alpha value is -4.13. The van der Waals surface area contributed by atoms with Crippen LogP contribution in [0.3, 0.4) is 0 Å². The maximum Gasteiger partial charge on any atom is 0.406 e. The maximum absolute atomic E-state index is 14.8. The third-order valence-corrected chi connectivity index (χ3v) is 8.05. The SMILES string of the molecule is CN1CC[C@@H](Nc2cccc3c2cc(-c2noc(CNC(=O)c4cccc(N5CCCC5)c4)n2)n3CC(F)(F)F)[C@@H](F)C1. The molecule has 0 bridgehead atoms. The van der Waals surface area contributed by atoms with Crippen molar-refractivity contribution in [2.45, 2.75) is 50.7 Å². The number of anilines is 2. The fourth-order valence-corrected chi connectivity index (χ4v) is 5.87. The Kier molecular flexibility index (Phi) is 7.99. The summed E-state index contributed by atoms with van der Waals surface area (Å²) in [6.45, 7) is 1.52. The van der Waals surface area contributed by atoms with E-state index in [1.54, 1.807) is 30.3 Å². The zero-order valence-corrected chi connectivity index (χ0v) is 23.7. The Bertz CT molecular complexity index is 1590. The van der Waals surface area contributed by atoms with Gasteiger partial charge in [0.25, 0.3) is 5.91 Å². The number of carbonyl (C=O) groups is 1. The number of rotatable bonds is 8. The molecule has 2 N–H and O–H groups in total. The predicted octanol–water partition coefficient (Wildman–Crippen LogP) is 5.24. The summed E-state index contributed by atoms with van der Waals surface area (Å²) in [6.07, 6.45) is -2.85. The van der Waals surface area contributed by atoms with Crippen LogP contribution in [0.25, 0.3) is 22.4 Å². The summed E-state index contributed by atoms with van der Waals surface area (Å²) in [7, 11) is 1.85. The summed E-state index contributed by atoms with van der Waals surface area (Å²) in [5.74, 6) is -0.329. The van der Waals surface area contributed by atoms with Crippen LogP contribution in [0.1, 0.15) is 35.5 Å². The number of fused-ring (bicyclic) bond motifs is 1. The highest BCUT2D eigenvalue weighted by Gasteiger charge is 2.32. The molecule has 0 saturated carbocycles. The summed E-state index contributed by atoms with van der Waals surface area (Å²) in [5.41, 5.74) is 2.40. The molecule has 4 heterocycles. The molecule has 0 radical (unpaired) electrons. The second-order valence-electron chi connectivity index (χ2n) is 11.2. The molecule has 0 aliphatic carbocycles. The molecule has 4 aromatic rings. The van der Waals surface area contributed by atoms with E-state index in [1.165, 1.54) is 0 Å². The van der Waals surface area contributed by atoms with Crippen molar-refractivity contribution in [3.63, 3.8) is 0 Å². The number of hydrogen-bond acceptors (Lipinski definition) is 7. The van der Waals surface area contributed by atoms with Crippen LogP contribution in [0.2, 0.25) is 0 Å². The largest absolute Gasteiger partial charge is 0.406 e. The Balaban J connectivity index is 1.23. The molecule has 2 fully saturated rings. The van der Waals surface area contributed by atoms with Gasteiger partial charge in [-0.15, -0.1) is 0 Å². The van der Waals surface area contributed by atoms with Crippen LogP contribution < -0.4 is 15.5 Å². The van der Waals surface area contributed by atoms with E-state index in [0.717, 1.165) is 36.2 Å². The average Bonchev–Trinajstić information content (AvgIpc) is 3.74.